The molecule has 0 spiro atoms. The Kier molecular flexibility index (Phi) is 7.60. The van der Waals surface area contributed by atoms with Crippen molar-refractivity contribution in [3.05, 3.63) is 0 Å². The molecular weight excluding hydrogens is 320 g/mol. The third-order valence-corrected chi connectivity index (χ3v) is 3.78. The van der Waals surface area contributed by atoms with Crippen LogP contribution in [0.1, 0.15) is 20.8 Å². The number of carbonyl (C=O) groups is 1. The lowest BCUT2D eigenvalue weighted by atomic mass is 10.4. The number of nitrogens with zero attached hydrogens (tertiary/aromatic N) is 1. The number of rotatable bonds is 6. The molecule has 0 aromatic heterocycles. The largest absolute Gasteiger partial charge is 0.434 e. The lowest BCUT2D eigenvalue weighted by Gasteiger charge is -2.16. The van der Waals surface area contributed by atoms with Crippen molar-refractivity contribution in [2.45, 2.75) is 32.7 Å². The first-order valence-electron chi connectivity index (χ1n) is 6.19. The van der Waals surface area contributed by atoms with Crippen LogP contribution in [0.2, 0.25) is 0 Å². The lowest BCUT2D eigenvalue weighted by molar-refractivity contribution is -0.141. The SMILES string of the molecule is CS/C(C)=N/OC(=O)NCS(=O)OCC1COC(C)(C)O1. The molecule has 0 bridgehead atoms. The molecule has 1 rings (SSSR count). The van der Waals surface area contributed by atoms with E-state index < -0.39 is 23.0 Å². The van der Waals surface area contributed by atoms with E-state index in [0.717, 1.165) is 0 Å². The van der Waals surface area contributed by atoms with Gasteiger partial charge in [0.05, 0.1) is 13.2 Å². The summed E-state index contributed by atoms with van der Waals surface area (Å²) in [5.74, 6) is -0.839. The summed E-state index contributed by atoms with van der Waals surface area (Å²) in [7, 11) is 0. The number of oxime groups is 1. The molecule has 0 aromatic rings. The van der Waals surface area contributed by atoms with Crippen LogP contribution in [-0.2, 0) is 29.6 Å². The molecule has 2 unspecified atom stereocenters. The van der Waals surface area contributed by atoms with Gasteiger partial charge in [-0.3, -0.25) is 9.02 Å². The topological polar surface area (TPSA) is 95.5 Å². The zero-order valence-electron chi connectivity index (χ0n) is 12.4. The minimum Gasteiger partial charge on any atom is -0.348 e. The molecule has 2 atom stereocenters. The summed E-state index contributed by atoms with van der Waals surface area (Å²) in [4.78, 5) is 15.8. The molecule has 1 aliphatic heterocycles. The maximum atomic E-state index is 11.5. The number of hydrogen-bond donors (Lipinski definition) is 1. The molecule has 10 heteroatoms. The van der Waals surface area contributed by atoms with Gasteiger partial charge >= 0.3 is 6.09 Å². The number of thioether (sulfide) groups is 1. The van der Waals surface area contributed by atoms with Crippen LogP contribution >= 0.6 is 11.8 Å². The number of amides is 1. The number of ether oxygens (including phenoxy) is 2. The van der Waals surface area contributed by atoms with Crippen LogP contribution in [0.25, 0.3) is 0 Å². The Bertz CT molecular complexity index is 416. The number of hydrogen-bond acceptors (Lipinski definition) is 8. The highest BCUT2D eigenvalue weighted by Crippen LogP contribution is 2.22. The summed E-state index contributed by atoms with van der Waals surface area (Å²) in [6, 6.07) is 0. The van der Waals surface area contributed by atoms with Crippen molar-refractivity contribution in [3.63, 3.8) is 0 Å². The average Bonchev–Trinajstić information content (AvgIpc) is 2.79. The second-order valence-corrected chi connectivity index (χ2v) is 6.68. The Labute approximate surface area is 130 Å². The van der Waals surface area contributed by atoms with Gasteiger partial charge in [0.2, 0.25) is 0 Å². The second-order valence-electron chi connectivity index (χ2n) is 4.55. The summed E-state index contributed by atoms with van der Waals surface area (Å²) in [6.07, 6.45) is 0.741. The predicted octanol–water partition coefficient (Wildman–Crippen LogP) is 1.20. The zero-order valence-corrected chi connectivity index (χ0v) is 14.0. The van der Waals surface area contributed by atoms with Crippen LogP contribution < -0.4 is 5.32 Å². The third kappa shape index (κ3) is 7.77. The Morgan fingerprint density at radius 2 is 2.29 bits per heavy atom. The Balaban J connectivity index is 2.15. The Hall–Kier alpha value is -0.680. The van der Waals surface area contributed by atoms with Crippen LogP contribution in [0.5, 0.6) is 0 Å². The van der Waals surface area contributed by atoms with Crippen molar-refractivity contribution >= 4 is 34.0 Å². The molecule has 21 heavy (non-hydrogen) atoms. The van der Waals surface area contributed by atoms with Crippen molar-refractivity contribution < 1.29 is 27.5 Å². The molecule has 0 aliphatic carbocycles. The first kappa shape index (κ1) is 18.4. The molecule has 0 saturated carbocycles. The van der Waals surface area contributed by atoms with Gasteiger partial charge in [0.15, 0.2) is 16.9 Å². The summed E-state index contributed by atoms with van der Waals surface area (Å²) < 4.78 is 27.4. The zero-order chi connectivity index (χ0) is 15.9. The van der Waals surface area contributed by atoms with Gasteiger partial charge in [0.25, 0.3) is 0 Å². The van der Waals surface area contributed by atoms with Crippen molar-refractivity contribution in [2.24, 2.45) is 5.16 Å². The van der Waals surface area contributed by atoms with E-state index in [4.69, 9.17) is 13.7 Å². The smallest absolute Gasteiger partial charge is 0.348 e. The molecule has 1 heterocycles. The summed E-state index contributed by atoms with van der Waals surface area (Å²) >= 11 is -0.331. The van der Waals surface area contributed by atoms with Gasteiger partial charge in [0, 0.05) is 0 Å². The molecule has 1 aliphatic rings. The number of carbonyl (C=O) groups excluding carboxylic acids is 1. The highest BCUT2D eigenvalue weighted by atomic mass is 32.2. The summed E-state index contributed by atoms with van der Waals surface area (Å²) in [5, 5.41) is 6.42. The molecular formula is C11H20N2O6S2. The second kappa shape index (κ2) is 8.69. The van der Waals surface area contributed by atoms with E-state index in [9.17, 15) is 9.00 Å². The van der Waals surface area contributed by atoms with E-state index in [0.29, 0.717) is 11.7 Å². The van der Waals surface area contributed by atoms with Gasteiger partial charge in [-0.15, -0.1) is 11.8 Å². The van der Waals surface area contributed by atoms with Crippen molar-refractivity contribution in [1.82, 2.24) is 5.32 Å². The monoisotopic (exact) mass is 340 g/mol. The average molecular weight is 340 g/mol. The van der Waals surface area contributed by atoms with Crippen LogP contribution in [0, 0.1) is 0 Å². The maximum absolute atomic E-state index is 11.5. The van der Waals surface area contributed by atoms with Gasteiger partial charge in [-0.2, -0.15) is 0 Å². The molecule has 8 nitrogen and oxygen atoms in total. The fraction of sp³-hybridized carbons (Fsp3) is 0.818. The molecule has 0 radical (unpaired) electrons. The van der Waals surface area contributed by atoms with E-state index in [2.05, 4.69) is 15.3 Å². The predicted molar refractivity (Wildman–Crippen MR) is 80.1 cm³/mol. The van der Waals surface area contributed by atoms with E-state index in [1.54, 1.807) is 27.0 Å². The maximum Gasteiger partial charge on any atom is 0.434 e. The van der Waals surface area contributed by atoms with Crippen molar-refractivity contribution in [2.75, 3.05) is 25.3 Å². The summed E-state index contributed by atoms with van der Waals surface area (Å²) in [5.41, 5.74) is 0. The molecule has 1 N–H and O–H groups in total. The molecule has 1 fully saturated rings. The van der Waals surface area contributed by atoms with Crippen LogP contribution in [0.4, 0.5) is 4.79 Å². The molecule has 0 aromatic carbocycles. The highest BCUT2D eigenvalue weighted by Gasteiger charge is 2.33. The van der Waals surface area contributed by atoms with Crippen LogP contribution in [-0.4, -0.2) is 52.6 Å². The highest BCUT2D eigenvalue weighted by molar-refractivity contribution is 8.13. The normalized spacial score (nSPS) is 22.9. The van der Waals surface area contributed by atoms with Crippen molar-refractivity contribution in [3.8, 4) is 0 Å². The number of nitrogens with one attached hydrogen (secondary N) is 1. The van der Waals surface area contributed by atoms with Crippen LogP contribution in [0.15, 0.2) is 5.16 Å². The minimum absolute atomic E-state index is 0.122. The first-order valence-corrected chi connectivity index (χ1v) is 8.66. The van der Waals surface area contributed by atoms with E-state index in [-0.39, 0.29) is 18.6 Å². The molecule has 1 amide bonds. The van der Waals surface area contributed by atoms with Gasteiger partial charge in [0.1, 0.15) is 17.0 Å². The van der Waals surface area contributed by atoms with Crippen LogP contribution in [0.3, 0.4) is 0 Å². The molecule has 122 valence electrons. The van der Waals surface area contributed by atoms with E-state index in [1.165, 1.54) is 11.8 Å². The van der Waals surface area contributed by atoms with Gasteiger partial charge in [-0.1, -0.05) is 5.16 Å². The van der Waals surface area contributed by atoms with Crippen molar-refractivity contribution in [1.29, 1.82) is 0 Å². The fourth-order valence-corrected chi connectivity index (χ4v) is 2.07. The standard InChI is InChI=1S/C11H20N2O6S2/c1-8(20-4)13-19-10(14)12-7-21(15)17-6-9-5-16-11(2,3)18-9/h9H,5-7H2,1-4H3,(H,12,14)/b13-8+. The Morgan fingerprint density at radius 3 is 2.86 bits per heavy atom. The Morgan fingerprint density at radius 1 is 1.57 bits per heavy atom. The van der Waals surface area contributed by atoms with Gasteiger partial charge in [-0.25, -0.2) is 9.00 Å². The minimum atomic E-state index is -1.68. The lowest BCUT2D eigenvalue weighted by Crippen LogP contribution is -2.29. The van der Waals surface area contributed by atoms with Gasteiger partial charge in [-0.05, 0) is 27.0 Å². The quantitative estimate of drug-likeness (QED) is 0.336. The van der Waals surface area contributed by atoms with E-state index in [1.807, 2.05) is 0 Å². The van der Waals surface area contributed by atoms with E-state index >= 15 is 0 Å². The molecule has 1 saturated heterocycles. The third-order valence-electron chi connectivity index (χ3n) is 2.34. The first-order chi connectivity index (χ1) is 9.82. The fourth-order valence-electron chi connectivity index (χ4n) is 1.33. The summed E-state index contributed by atoms with van der Waals surface area (Å²) in [6.45, 7) is 5.78. The van der Waals surface area contributed by atoms with Gasteiger partial charge < -0.3 is 14.8 Å².